The zero-order chi connectivity index (χ0) is 14.8. The lowest BCUT2D eigenvalue weighted by Crippen LogP contribution is -2.37. The first-order chi connectivity index (χ1) is 9.50. The summed E-state index contributed by atoms with van der Waals surface area (Å²) < 4.78 is 8.43. The molecule has 1 aliphatic rings. The van der Waals surface area contributed by atoms with Crippen LogP contribution in [0.5, 0.6) is 0 Å². The van der Waals surface area contributed by atoms with E-state index in [-0.39, 0.29) is 0 Å². The molecular weight excluding hydrogens is 322 g/mol. The molecule has 0 amide bonds. The first-order valence-electron chi connectivity index (χ1n) is 7.09. The predicted molar refractivity (Wildman–Crippen MR) is 81.6 cm³/mol. The standard InChI is InChI=1S/C14H24BrN3O2/c1-17(2)8-9-18-12(11(15)10-16-18)13(19)14(20-3)6-4-5-7-14/h10,13,19H,4-9H2,1-3H3. The van der Waals surface area contributed by atoms with Gasteiger partial charge in [0, 0.05) is 13.7 Å². The van der Waals surface area contributed by atoms with Crippen LogP contribution in [0.25, 0.3) is 0 Å². The third-order valence-corrected chi connectivity index (χ3v) is 4.82. The Morgan fingerprint density at radius 3 is 2.70 bits per heavy atom. The van der Waals surface area contributed by atoms with Gasteiger partial charge in [0.25, 0.3) is 0 Å². The van der Waals surface area contributed by atoms with Crippen molar-refractivity contribution in [3.8, 4) is 0 Å². The molecule has 1 atom stereocenters. The second kappa shape index (κ2) is 6.56. The van der Waals surface area contributed by atoms with Gasteiger partial charge in [-0.25, -0.2) is 0 Å². The van der Waals surface area contributed by atoms with E-state index in [9.17, 15) is 5.11 Å². The summed E-state index contributed by atoms with van der Waals surface area (Å²) in [6, 6.07) is 0. The molecule has 1 heterocycles. The summed E-state index contributed by atoms with van der Waals surface area (Å²) in [5, 5.41) is 15.2. The minimum absolute atomic E-state index is 0.460. The fourth-order valence-corrected chi connectivity index (χ4v) is 3.44. The normalized spacial score (nSPS) is 19.7. The van der Waals surface area contributed by atoms with E-state index in [0.29, 0.717) is 0 Å². The van der Waals surface area contributed by atoms with Gasteiger partial charge in [0.15, 0.2) is 0 Å². The molecule has 6 heteroatoms. The van der Waals surface area contributed by atoms with Crippen molar-refractivity contribution in [3.05, 3.63) is 16.4 Å². The van der Waals surface area contributed by atoms with Crippen LogP contribution in [0.15, 0.2) is 10.7 Å². The van der Waals surface area contributed by atoms with Crippen LogP contribution < -0.4 is 0 Å². The Bertz CT molecular complexity index is 442. The van der Waals surface area contributed by atoms with E-state index in [1.165, 1.54) is 0 Å². The number of rotatable bonds is 6. The van der Waals surface area contributed by atoms with E-state index in [4.69, 9.17) is 4.74 Å². The summed E-state index contributed by atoms with van der Waals surface area (Å²) in [5.74, 6) is 0. The Morgan fingerprint density at radius 2 is 2.15 bits per heavy atom. The van der Waals surface area contributed by atoms with Crippen LogP contribution >= 0.6 is 15.9 Å². The zero-order valence-corrected chi connectivity index (χ0v) is 14.1. The number of aliphatic hydroxyl groups excluding tert-OH is 1. The Balaban J connectivity index is 2.24. The lowest BCUT2D eigenvalue weighted by Gasteiger charge is -2.33. The van der Waals surface area contributed by atoms with Crippen LogP contribution in [0.2, 0.25) is 0 Å². The molecule has 0 radical (unpaired) electrons. The van der Waals surface area contributed by atoms with Crippen LogP contribution in [0, 0.1) is 0 Å². The van der Waals surface area contributed by atoms with Gasteiger partial charge in [-0.2, -0.15) is 5.10 Å². The summed E-state index contributed by atoms with van der Waals surface area (Å²) in [5.41, 5.74) is 0.369. The highest BCUT2D eigenvalue weighted by Crippen LogP contribution is 2.44. The molecule has 1 aromatic rings. The molecule has 0 aromatic carbocycles. The largest absolute Gasteiger partial charge is 0.384 e. The molecule has 2 rings (SSSR count). The number of likely N-dealkylation sites (N-methyl/N-ethyl adjacent to an activating group) is 1. The van der Waals surface area contributed by atoms with E-state index >= 15 is 0 Å². The average Bonchev–Trinajstić information content (AvgIpc) is 3.03. The first kappa shape index (κ1) is 15.9. The molecule has 0 saturated heterocycles. The lowest BCUT2D eigenvalue weighted by molar-refractivity contribution is -0.103. The molecule has 20 heavy (non-hydrogen) atoms. The molecule has 0 aliphatic heterocycles. The van der Waals surface area contributed by atoms with Crippen molar-refractivity contribution in [2.75, 3.05) is 27.7 Å². The van der Waals surface area contributed by atoms with Crippen LogP contribution in [-0.2, 0) is 11.3 Å². The highest BCUT2D eigenvalue weighted by Gasteiger charge is 2.43. The third-order valence-electron chi connectivity index (χ3n) is 4.21. The Kier molecular flexibility index (Phi) is 5.23. The topological polar surface area (TPSA) is 50.5 Å². The van der Waals surface area contributed by atoms with Gasteiger partial charge in [0.1, 0.15) is 6.10 Å². The molecule has 1 N–H and O–H groups in total. The molecule has 5 nitrogen and oxygen atoms in total. The Labute approximate surface area is 129 Å². The van der Waals surface area contributed by atoms with E-state index in [1.54, 1.807) is 13.3 Å². The SMILES string of the molecule is COC1(C(O)c2c(Br)cnn2CCN(C)C)CCCC1. The van der Waals surface area contributed by atoms with Crippen LogP contribution in [0.3, 0.4) is 0 Å². The van der Waals surface area contributed by atoms with Crippen molar-refractivity contribution in [2.24, 2.45) is 0 Å². The number of aliphatic hydroxyl groups is 1. The summed E-state index contributed by atoms with van der Waals surface area (Å²) in [4.78, 5) is 2.10. The van der Waals surface area contributed by atoms with Crippen molar-refractivity contribution in [1.29, 1.82) is 0 Å². The van der Waals surface area contributed by atoms with Crippen molar-refractivity contribution in [2.45, 2.75) is 43.9 Å². The zero-order valence-electron chi connectivity index (χ0n) is 12.5. The van der Waals surface area contributed by atoms with E-state index in [1.807, 2.05) is 18.8 Å². The fourth-order valence-electron chi connectivity index (χ4n) is 2.93. The Hall–Kier alpha value is -0.430. The number of ether oxygens (including phenoxy) is 1. The number of hydrogen-bond donors (Lipinski definition) is 1. The summed E-state index contributed by atoms with van der Waals surface area (Å²) in [7, 11) is 5.76. The molecule has 1 unspecified atom stereocenters. The molecular formula is C14H24BrN3O2. The van der Waals surface area contributed by atoms with Gasteiger partial charge < -0.3 is 14.7 Å². The Morgan fingerprint density at radius 1 is 1.50 bits per heavy atom. The smallest absolute Gasteiger partial charge is 0.126 e. The van der Waals surface area contributed by atoms with Gasteiger partial charge in [0.05, 0.1) is 28.5 Å². The van der Waals surface area contributed by atoms with E-state index in [2.05, 4.69) is 25.9 Å². The van der Waals surface area contributed by atoms with Gasteiger partial charge in [-0.1, -0.05) is 12.8 Å². The molecule has 1 saturated carbocycles. The van der Waals surface area contributed by atoms with Crippen LogP contribution in [0.4, 0.5) is 0 Å². The molecule has 114 valence electrons. The maximum Gasteiger partial charge on any atom is 0.126 e. The molecule has 0 bridgehead atoms. The monoisotopic (exact) mass is 345 g/mol. The van der Waals surface area contributed by atoms with Crippen molar-refractivity contribution in [3.63, 3.8) is 0 Å². The van der Waals surface area contributed by atoms with Crippen molar-refractivity contribution in [1.82, 2.24) is 14.7 Å². The molecule has 1 aromatic heterocycles. The summed E-state index contributed by atoms with van der Waals surface area (Å²) in [6.45, 7) is 1.64. The number of nitrogens with zero attached hydrogens (tertiary/aromatic N) is 3. The fraction of sp³-hybridized carbons (Fsp3) is 0.786. The number of hydrogen-bond acceptors (Lipinski definition) is 4. The maximum absolute atomic E-state index is 10.9. The van der Waals surface area contributed by atoms with Crippen LogP contribution in [-0.4, -0.2) is 53.1 Å². The molecule has 1 aliphatic carbocycles. The summed E-state index contributed by atoms with van der Waals surface area (Å²) >= 11 is 3.51. The van der Waals surface area contributed by atoms with Gasteiger partial charge in [0.2, 0.25) is 0 Å². The molecule has 1 fully saturated rings. The second-order valence-corrected chi connectivity index (χ2v) is 6.64. The molecule has 0 spiro atoms. The highest BCUT2D eigenvalue weighted by molar-refractivity contribution is 9.10. The van der Waals surface area contributed by atoms with Gasteiger partial charge in [-0.3, -0.25) is 4.68 Å². The van der Waals surface area contributed by atoms with Crippen molar-refractivity contribution < 1.29 is 9.84 Å². The number of halogens is 1. The lowest BCUT2D eigenvalue weighted by atomic mass is 9.92. The maximum atomic E-state index is 10.9. The average molecular weight is 346 g/mol. The van der Waals surface area contributed by atoms with E-state index < -0.39 is 11.7 Å². The van der Waals surface area contributed by atoms with Crippen molar-refractivity contribution >= 4 is 15.9 Å². The van der Waals surface area contributed by atoms with Gasteiger partial charge in [-0.05, 0) is 42.9 Å². The number of aromatic nitrogens is 2. The van der Waals surface area contributed by atoms with Gasteiger partial charge >= 0.3 is 0 Å². The third kappa shape index (κ3) is 3.08. The number of methoxy groups -OCH3 is 1. The highest BCUT2D eigenvalue weighted by atomic mass is 79.9. The summed E-state index contributed by atoms with van der Waals surface area (Å²) in [6.07, 6.45) is 5.12. The minimum Gasteiger partial charge on any atom is -0.384 e. The van der Waals surface area contributed by atoms with Crippen LogP contribution in [0.1, 0.15) is 37.5 Å². The minimum atomic E-state index is -0.644. The predicted octanol–water partition coefficient (Wildman–Crippen LogP) is 2.20. The quantitative estimate of drug-likeness (QED) is 0.858. The first-order valence-corrected chi connectivity index (χ1v) is 7.88. The van der Waals surface area contributed by atoms with E-state index in [0.717, 1.165) is 48.9 Å². The second-order valence-electron chi connectivity index (χ2n) is 5.78. The van der Waals surface area contributed by atoms with Gasteiger partial charge in [-0.15, -0.1) is 0 Å².